The fourth-order valence-corrected chi connectivity index (χ4v) is 2.81. The number of carbonyl (C=O) groups is 2. The quantitative estimate of drug-likeness (QED) is 0.374. The molecule has 0 aliphatic heterocycles. The van der Waals surface area contributed by atoms with Crippen LogP contribution in [0.1, 0.15) is 6.92 Å². The highest BCUT2D eigenvalue weighted by atomic mass is 35.5. The lowest BCUT2D eigenvalue weighted by molar-refractivity contribution is -0.150. The summed E-state index contributed by atoms with van der Waals surface area (Å²) >= 11 is 12.0. The van der Waals surface area contributed by atoms with Gasteiger partial charge in [-0.3, -0.25) is 0 Å². The minimum Gasteiger partial charge on any atom is -0.479 e. The highest BCUT2D eigenvalue weighted by molar-refractivity contribution is 6.42. The first-order valence-corrected chi connectivity index (χ1v) is 10.2. The van der Waals surface area contributed by atoms with Gasteiger partial charge in [-0.1, -0.05) is 23.2 Å². The van der Waals surface area contributed by atoms with Crippen LogP contribution in [0.25, 0.3) is 11.0 Å². The predicted molar refractivity (Wildman–Crippen MR) is 118 cm³/mol. The maximum Gasteiger partial charge on any atom is 0.406 e. The van der Waals surface area contributed by atoms with Crippen molar-refractivity contribution in [1.29, 1.82) is 0 Å². The third-order valence-electron chi connectivity index (χ3n) is 4.05. The molecule has 1 heterocycles. The molecule has 168 valence electrons. The Kier molecular flexibility index (Phi) is 7.91. The lowest BCUT2D eigenvalue weighted by atomic mass is 10.3. The number of methoxy groups -OCH3 is 1. The van der Waals surface area contributed by atoms with Crippen molar-refractivity contribution in [2.24, 2.45) is 0 Å². The summed E-state index contributed by atoms with van der Waals surface area (Å²) in [5.74, 6) is 0.653. The summed E-state index contributed by atoms with van der Waals surface area (Å²) in [4.78, 5) is 31.5. The number of benzene rings is 2. The van der Waals surface area contributed by atoms with Gasteiger partial charge in [-0.25, -0.2) is 19.6 Å². The number of hydrogen-bond donors (Lipinski definition) is 1. The Morgan fingerprint density at radius 1 is 1.06 bits per heavy atom. The fourth-order valence-electron chi connectivity index (χ4n) is 2.49. The molecule has 0 fully saturated rings. The standard InChI is InChI=1S/C21H19Cl2N3O6/c1-12(20(27)30-8-7-24-21(28)29-2)31-13-3-5-14(6-4-13)32-19-11-25-17-9-15(22)16(23)10-18(17)26-19/h3-6,9-12H,7-8H2,1-2H3,(H,24,28)/t12-/m1/s1. The average Bonchev–Trinajstić information content (AvgIpc) is 2.78. The van der Waals surface area contributed by atoms with E-state index in [4.69, 9.17) is 37.4 Å². The van der Waals surface area contributed by atoms with Gasteiger partial charge < -0.3 is 24.3 Å². The van der Waals surface area contributed by atoms with Crippen molar-refractivity contribution in [3.8, 4) is 17.4 Å². The van der Waals surface area contributed by atoms with Gasteiger partial charge in [-0.15, -0.1) is 0 Å². The van der Waals surface area contributed by atoms with Crippen LogP contribution in [0.15, 0.2) is 42.6 Å². The minimum absolute atomic E-state index is 0.00137. The van der Waals surface area contributed by atoms with E-state index in [1.807, 2.05) is 0 Å². The number of amides is 1. The van der Waals surface area contributed by atoms with E-state index in [1.54, 1.807) is 43.3 Å². The summed E-state index contributed by atoms with van der Waals surface area (Å²) in [6.45, 7) is 1.69. The predicted octanol–water partition coefficient (Wildman–Crippen LogP) is 4.40. The zero-order chi connectivity index (χ0) is 23.1. The number of fused-ring (bicyclic) bond motifs is 1. The molecule has 0 aliphatic rings. The second-order valence-corrected chi connectivity index (χ2v) is 7.20. The minimum atomic E-state index is -0.845. The molecule has 1 atom stereocenters. The molecule has 1 N–H and O–H groups in total. The summed E-state index contributed by atoms with van der Waals surface area (Å²) < 4.78 is 20.7. The maximum absolute atomic E-state index is 12.0. The molecule has 1 amide bonds. The lowest BCUT2D eigenvalue weighted by Crippen LogP contribution is -2.31. The molecule has 2 aromatic carbocycles. The largest absolute Gasteiger partial charge is 0.479 e. The van der Waals surface area contributed by atoms with Crippen molar-refractivity contribution >= 4 is 46.3 Å². The average molecular weight is 480 g/mol. The van der Waals surface area contributed by atoms with Gasteiger partial charge in [0.25, 0.3) is 0 Å². The van der Waals surface area contributed by atoms with E-state index in [0.29, 0.717) is 32.6 Å². The molecule has 0 saturated carbocycles. The van der Waals surface area contributed by atoms with Crippen LogP contribution in [0.3, 0.4) is 0 Å². The van der Waals surface area contributed by atoms with Crippen LogP contribution < -0.4 is 14.8 Å². The van der Waals surface area contributed by atoms with Gasteiger partial charge in [0.05, 0.1) is 40.9 Å². The van der Waals surface area contributed by atoms with Crippen LogP contribution in [-0.2, 0) is 14.3 Å². The zero-order valence-corrected chi connectivity index (χ0v) is 18.6. The third-order valence-corrected chi connectivity index (χ3v) is 4.78. The summed E-state index contributed by atoms with van der Waals surface area (Å²) in [6.07, 6.45) is 0.0303. The molecule has 3 aromatic rings. The highest BCUT2D eigenvalue weighted by Crippen LogP contribution is 2.28. The Morgan fingerprint density at radius 2 is 1.72 bits per heavy atom. The maximum atomic E-state index is 12.0. The SMILES string of the molecule is COC(=O)NCCOC(=O)[C@@H](C)Oc1ccc(Oc2cnc3cc(Cl)c(Cl)cc3n2)cc1. The van der Waals surface area contributed by atoms with Crippen LogP contribution >= 0.6 is 23.2 Å². The molecule has 0 bridgehead atoms. The van der Waals surface area contributed by atoms with Crippen LogP contribution in [-0.4, -0.2) is 48.4 Å². The second-order valence-electron chi connectivity index (χ2n) is 6.38. The van der Waals surface area contributed by atoms with Crippen LogP contribution in [0.5, 0.6) is 17.4 Å². The Hall–Kier alpha value is -3.30. The van der Waals surface area contributed by atoms with Crippen molar-refractivity contribution in [3.63, 3.8) is 0 Å². The van der Waals surface area contributed by atoms with E-state index in [9.17, 15) is 9.59 Å². The van der Waals surface area contributed by atoms with Gasteiger partial charge in [0.2, 0.25) is 5.88 Å². The molecular weight excluding hydrogens is 461 g/mol. The van der Waals surface area contributed by atoms with E-state index >= 15 is 0 Å². The molecule has 32 heavy (non-hydrogen) atoms. The number of halogens is 2. The Labute approximate surface area is 193 Å². The summed E-state index contributed by atoms with van der Waals surface area (Å²) in [5.41, 5.74) is 1.14. The Bertz CT molecular complexity index is 1110. The van der Waals surface area contributed by atoms with E-state index in [1.165, 1.54) is 13.3 Å². The first-order valence-electron chi connectivity index (χ1n) is 9.40. The van der Waals surface area contributed by atoms with E-state index in [-0.39, 0.29) is 19.0 Å². The monoisotopic (exact) mass is 479 g/mol. The number of nitrogens with one attached hydrogen (secondary N) is 1. The summed E-state index contributed by atoms with van der Waals surface area (Å²) in [5, 5.41) is 3.17. The van der Waals surface area contributed by atoms with Crippen molar-refractivity contribution < 1.29 is 28.5 Å². The molecular formula is C21H19Cl2N3O6. The first kappa shape index (κ1) is 23.4. The van der Waals surface area contributed by atoms with Gasteiger partial charge in [0.15, 0.2) is 6.10 Å². The number of ether oxygens (including phenoxy) is 4. The molecule has 11 heteroatoms. The number of rotatable bonds is 8. The molecule has 0 radical (unpaired) electrons. The molecule has 0 unspecified atom stereocenters. The number of aromatic nitrogens is 2. The molecule has 0 saturated heterocycles. The van der Waals surface area contributed by atoms with Crippen LogP contribution in [0.2, 0.25) is 10.0 Å². The number of carbonyl (C=O) groups excluding carboxylic acids is 2. The lowest BCUT2D eigenvalue weighted by Gasteiger charge is -2.14. The van der Waals surface area contributed by atoms with Gasteiger partial charge in [-0.2, -0.15) is 0 Å². The third kappa shape index (κ3) is 6.35. The van der Waals surface area contributed by atoms with Crippen molar-refractivity contribution in [1.82, 2.24) is 15.3 Å². The molecule has 0 spiro atoms. The topological polar surface area (TPSA) is 109 Å². The summed E-state index contributed by atoms with van der Waals surface area (Å²) in [6, 6.07) is 9.85. The highest BCUT2D eigenvalue weighted by Gasteiger charge is 2.16. The smallest absolute Gasteiger partial charge is 0.406 e. The molecule has 1 aromatic heterocycles. The number of esters is 1. The summed E-state index contributed by atoms with van der Waals surface area (Å²) in [7, 11) is 1.25. The molecule has 3 rings (SSSR count). The van der Waals surface area contributed by atoms with E-state index in [0.717, 1.165) is 0 Å². The zero-order valence-electron chi connectivity index (χ0n) is 17.1. The van der Waals surface area contributed by atoms with Gasteiger partial charge in [-0.05, 0) is 43.3 Å². The number of nitrogens with zero attached hydrogens (tertiary/aromatic N) is 2. The second kappa shape index (κ2) is 10.8. The van der Waals surface area contributed by atoms with Crippen LogP contribution in [0.4, 0.5) is 4.79 Å². The molecule has 0 aliphatic carbocycles. The van der Waals surface area contributed by atoms with Gasteiger partial charge >= 0.3 is 12.1 Å². The first-order chi connectivity index (χ1) is 15.4. The number of alkyl carbamates (subject to hydrolysis) is 1. The Balaban J connectivity index is 1.53. The van der Waals surface area contributed by atoms with Crippen molar-refractivity contribution in [3.05, 3.63) is 52.6 Å². The Morgan fingerprint density at radius 3 is 2.41 bits per heavy atom. The van der Waals surface area contributed by atoms with E-state index in [2.05, 4.69) is 20.0 Å². The fraction of sp³-hybridized carbons (Fsp3) is 0.238. The molecule has 9 nitrogen and oxygen atoms in total. The van der Waals surface area contributed by atoms with Gasteiger partial charge in [0.1, 0.15) is 18.1 Å². The number of hydrogen-bond acceptors (Lipinski definition) is 8. The van der Waals surface area contributed by atoms with E-state index < -0.39 is 18.2 Å². The van der Waals surface area contributed by atoms with Crippen molar-refractivity contribution in [2.75, 3.05) is 20.3 Å². The van der Waals surface area contributed by atoms with Crippen molar-refractivity contribution in [2.45, 2.75) is 13.0 Å². The van der Waals surface area contributed by atoms with Gasteiger partial charge in [0, 0.05) is 0 Å². The normalized spacial score (nSPS) is 11.5. The van der Waals surface area contributed by atoms with Crippen LogP contribution in [0, 0.1) is 0 Å².